The van der Waals surface area contributed by atoms with Crippen LogP contribution in [-0.2, 0) is 0 Å². The summed E-state index contributed by atoms with van der Waals surface area (Å²) in [4.78, 5) is 0. The van der Waals surface area contributed by atoms with Gasteiger partial charge in [-0.15, -0.1) is 11.3 Å². The normalized spacial score (nSPS) is 10.2. The highest BCUT2D eigenvalue weighted by molar-refractivity contribution is 9.10. The van der Waals surface area contributed by atoms with E-state index >= 15 is 0 Å². The molecular weight excluding hydrogens is 246 g/mol. The number of nitrogens with zero attached hydrogens (tertiary/aromatic N) is 1. The van der Waals surface area contributed by atoms with Crippen LogP contribution in [0.4, 0.5) is 0 Å². The molecule has 0 unspecified atom stereocenters. The van der Waals surface area contributed by atoms with Crippen molar-refractivity contribution < 1.29 is 0 Å². The van der Waals surface area contributed by atoms with Crippen LogP contribution in [-0.4, -0.2) is 0 Å². The summed E-state index contributed by atoms with van der Waals surface area (Å²) >= 11 is 5.01. The van der Waals surface area contributed by atoms with Crippen LogP contribution in [0.3, 0.4) is 0 Å². The van der Waals surface area contributed by atoms with Crippen molar-refractivity contribution >= 4 is 37.4 Å². The Morgan fingerprint density at radius 1 is 1.54 bits per heavy atom. The number of halogens is 1. The van der Waals surface area contributed by atoms with Gasteiger partial charge in [-0.25, -0.2) is 0 Å². The zero-order chi connectivity index (χ0) is 9.42. The molecule has 64 valence electrons. The molecule has 13 heavy (non-hydrogen) atoms. The maximum atomic E-state index is 8.95. The molecule has 3 heteroatoms. The molecular formula is C10H6BrNS. The zero-order valence-corrected chi connectivity index (χ0v) is 9.37. The third kappa shape index (κ3) is 1.27. The molecule has 0 atom stereocenters. The Bertz CT molecular complexity index is 507. The maximum absolute atomic E-state index is 8.95. The highest BCUT2D eigenvalue weighted by atomic mass is 79.9. The number of hydrogen-bond donors (Lipinski definition) is 0. The lowest BCUT2D eigenvalue weighted by atomic mass is 10.1. The molecule has 0 saturated carbocycles. The smallest absolute Gasteiger partial charge is 0.102 e. The first-order valence-electron chi connectivity index (χ1n) is 3.80. The summed E-state index contributed by atoms with van der Waals surface area (Å²) < 4.78 is 1.97. The van der Waals surface area contributed by atoms with Crippen LogP contribution in [0.1, 0.15) is 11.1 Å². The first-order valence-corrected chi connectivity index (χ1v) is 5.47. The fraction of sp³-hybridized carbons (Fsp3) is 0.100. The van der Waals surface area contributed by atoms with Gasteiger partial charge in [-0.3, -0.25) is 0 Å². The predicted octanol–water partition coefficient (Wildman–Crippen LogP) is 3.84. The molecule has 0 aliphatic carbocycles. The Balaban J connectivity index is 2.99. The number of rotatable bonds is 0. The van der Waals surface area contributed by atoms with Gasteiger partial charge in [0, 0.05) is 4.47 Å². The first kappa shape index (κ1) is 8.74. The van der Waals surface area contributed by atoms with Crippen molar-refractivity contribution in [2.24, 2.45) is 0 Å². The van der Waals surface area contributed by atoms with Crippen LogP contribution >= 0.6 is 27.3 Å². The summed E-state index contributed by atoms with van der Waals surface area (Å²) in [6.07, 6.45) is 0. The van der Waals surface area contributed by atoms with Gasteiger partial charge in [-0.1, -0.05) is 0 Å². The molecule has 0 spiro atoms. The van der Waals surface area contributed by atoms with E-state index in [0.29, 0.717) is 0 Å². The third-order valence-electron chi connectivity index (χ3n) is 2.01. The summed E-state index contributed by atoms with van der Waals surface area (Å²) in [6.45, 7) is 2.06. The lowest BCUT2D eigenvalue weighted by Gasteiger charge is -2.00. The zero-order valence-electron chi connectivity index (χ0n) is 6.97. The molecule has 1 nitrogen and oxygen atoms in total. The van der Waals surface area contributed by atoms with Gasteiger partial charge in [0.05, 0.1) is 10.3 Å². The van der Waals surface area contributed by atoms with Crippen molar-refractivity contribution in [2.45, 2.75) is 6.92 Å². The molecule has 0 N–H and O–H groups in total. The minimum absolute atomic E-state index is 0.746. The molecule has 0 bridgehead atoms. The van der Waals surface area contributed by atoms with Crippen LogP contribution in [0.15, 0.2) is 22.0 Å². The second-order valence-electron chi connectivity index (χ2n) is 2.83. The fourth-order valence-electron chi connectivity index (χ4n) is 1.37. The number of aryl methyl sites for hydroxylation is 1. The topological polar surface area (TPSA) is 23.8 Å². The first-order chi connectivity index (χ1) is 6.24. The number of fused-ring (bicyclic) bond motifs is 1. The van der Waals surface area contributed by atoms with Gasteiger partial charge in [0.15, 0.2) is 0 Å². The van der Waals surface area contributed by atoms with E-state index in [-0.39, 0.29) is 0 Å². The summed E-state index contributed by atoms with van der Waals surface area (Å²) in [6, 6.07) is 6.27. The monoisotopic (exact) mass is 251 g/mol. The van der Waals surface area contributed by atoms with Crippen LogP contribution < -0.4 is 0 Å². The summed E-state index contributed by atoms with van der Waals surface area (Å²) in [7, 11) is 0. The van der Waals surface area contributed by atoms with Gasteiger partial charge in [0.25, 0.3) is 0 Å². The SMILES string of the molecule is Cc1cc(Br)c(C#N)c2sccc12. The molecule has 0 aliphatic rings. The number of benzene rings is 1. The van der Waals surface area contributed by atoms with Crippen LogP contribution in [0.2, 0.25) is 0 Å². The van der Waals surface area contributed by atoms with Gasteiger partial charge < -0.3 is 0 Å². The predicted molar refractivity (Wildman–Crippen MR) is 59.0 cm³/mol. The van der Waals surface area contributed by atoms with Gasteiger partial charge in [-0.2, -0.15) is 5.26 Å². The summed E-state index contributed by atoms with van der Waals surface area (Å²) in [5.74, 6) is 0. The lowest BCUT2D eigenvalue weighted by molar-refractivity contribution is 1.47. The second kappa shape index (κ2) is 3.13. The van der Waals surface area contributed by atoms with E-state index in [4.69, 9.17) is 5.26 Å². The molecule has 2 rings (SSSR count). The minimum Gasteiger partial charge on any atom is -0.192 e. The minimum atomic E-state index is 0.746. The summed E-state index contributed by atoms with van der Waals surface area (Å²) in [5, 5.41) is 12.2. The van der Waals surface area contributed by atoms with E-state index in [9.17, 15) is 0 Å². The molecule has 0 saturated heterocycles. The van der Waals surface area contributed by atoms with Crippen molar-refractivity contribution in [3.8, 4) is 6.07 Å². The number of thiophene rings is 1. The largest absolute Gasteiger partial charge is 0.192 e. The molecule has 0 amide bonds. The van der Waals surface area contributed by atoms with Gasteiger partial charge in [-0.05, 0) is 51.3 Å². The Hall–Kier alpha value is -0.850. The molecule has 1 heterocycles. The Kier molecular flexibility index (Phi) is 2.10. The standard InChI is InChI=1S/C10H6BrNS/c1-6-4-9(11)8(5-12)10-7(6)2-3-13-10/h2-4H,1H3. The van der Waals surface area contributed by atoms with E-state index < -0.39 is 0 Å². The van der Waals surface area contributed by atoms with Crippen molar-refractivity contribution in [3.63, 3.8) is 0 Å². The van der Waals surface area contributed by atoms with E-state index in [2.05, 4.69) is 35.0 Å². The fourth-order valence-corrected chi connectivity index (χ4v) is 3.10. The van der Waals surface area contributed by atoms with Crippen molar-refractivity contribution in [2.75, 3.05) is 0 Å². The van der Waals surface area contributed by atoms with Crippen molar-refractivity contribution in [1.29, 1.82) is 5.26 Å². The average molecular weight is 252 g/mol. The lowest BCUT2D eigenvalue weighted by Crippen LogP contribution is -1.81. The Morgan fingerprint density at radius 3 is 3.00 bits per heavy atom. The molecule has 1 aromatic carbocycles. The third-order valence-corrected chi connectivity index (χ3v) is 3.57. The Morgan fingerprint density at radius 2 is 2.31 bits per heavy atom. The van der Waals surface area contributed by atoms with E-state index in [1.165, 1.54) is 10.9 Å². The van der Waals surface area contributed by atoms with Crippen LogP contribution in [0.5, 0.6) is 0 Å². The van der Waals surface area contributed by atoms with Crippen molar-refractivity contribution in [3.05, 3.63) is 33.1 Å². The molecule has 0 radical (unpaired) electrons. The molecule has 1 aromatic heterocycles. The quantitative estimate of drug-likeness (QED) is 0.698. The van der Waals surface area contributed by atoms with Gasteiger partial charge in [0.2, 0.25) is 0 Å². The van der Waals surface area contributed by atoms with E-state index in [1.807, 2.05) is 11.4 Å². The van der Waals surface area contributed by atoms with Crippen molar-refractivity contribution in [1.82, 2.24) is 0 Å². The summed E-state index contributed by atoms with van der Waals surface area (Å²) in [5.41, 5.74) is 1.96. The van der Waals surface area contributed by atoms with Crippen LogP contribution in [0.25, 0.3) is 10.1 Å². The number of hydrogen-bond acceptors (Lipinski definition) is 2. The van der Waals surface area contributed by atoms with Crippen LogP contribution in [0, 0.1) is 18.3 Å². The highest BCUT2D eigenvalue weighted by Crippen LogP contribution is 2.32. The van der Waals surface area contributed by atoms with E-state index in [1.54, 1.807) is 11.3 Å². The molecule has 2 aromatic rings. The Labute approximate surface area is 88.7 Å². The molecule has 0 aliphatic heterocycles. The van der Waals surface area contributed by atoms with Gasteiger partial charge >= 0.3 is 0 Å². The van der Waals surface area contributed by atoms with Gasteiger partial charge in [0.1, 0.15) is 6.07 Å². The average Bonchev–Trinajstić information content (AvgIpc) is 2.53. The maximum Gasteiger partial charge on any atom is 0.102 e. The number of nitriles is 1. The molecule has 0 fully saturated rings. The van der Waals surface area contributed by atoms with E-state index in [0.717, 1.165) is 14.7 Å². The highest BCUT2D eigenvalue weighted by Gasteiger charge is 2.08. The second-order valence-corrected chi connectivity index (χ2v) is 4.60.